The summed E-state index contributed by atoms with van der Waals surface area (Å²) >= 11 is 0. The smallest absolute Gasteiger partial charge is 0.269 e. The maximum Gasteiger partial charge on any atom is 0.269 e. The van der Waals surface area contributed by atoms with E-state index in [1.165, 1.54) is 12.1 Å². The SMILES string of the molecule is O=C(Nc1ccccc1C1=NCCO1)c1ccccc1NS(=O)(=O)c1ccc([N+](=O)[O-])cc1. The molecule has 3 aromatic rings. The second kappa shape index (κ2) is 9.09. The van der Waals surface area contributed by atoms with Gasteiger partial charge in [-0.2, -0.15) is 0 Å². The van der Waals surface area contributed by atoms with Crippen molar-refractivity contribution < 1.29 is 22.9 Å². The van der Waals surface area contributed by atoms with Gasteiger partial charge < -0.3 is 10.1 Å². The first-order valence-corrected chi connectivity index (χ1v) is 11.3. The molecule has 10 nitrogen and oxygen atoms in total. The standard InChI is InChI=1S/C22H18N4O6S/c27-21(24-19-7-3-2-6-18(19)22-23-13-14-32-22)17-5-1-4-8-20(17)25-33(30,31)16-11-9-15(10-12-16)26(28)29/h1-12,25H,13-14H2,(H,24,27). The number of carbonyl (C=O) groups is 1. The molecule has 0 radical (unpaired) electrons. The third-order valence-corrected chi connectivity index (χ3v) is 6.15. The Bertz CT molecular complexity index is 1350. The molecular weight excluding hydrogens is 448 g/mol. The number of amides is 1. The number of para-hydroxylation sites is 2. The molecule has 33 heavy (non-hydrogen) atoms. The lowest BCUT2D eigenvalue weighted by Crippen LogP contribution is -2.19. The zero-order chi connectivity index (χ0) is 23.4. The molecule has 1 amide bonds. The van der Waals surface area contributed by atoms with Gasteiger partial charge in [0.25, 0.3) is 21.6 Å². The van der Waals surface area contributed by atoms with E-state index >= 15 is 0 Å². The number of nitro benzene ring substituents is 1. The van der Waals surface area contributed by atoms with Crippen LogP contribution in [0.25, 0.3) is 0 Å². The van der Waals surface area contributed by atoms with Gasteiger partial charge in [-0.3, -0.25) is 19.6 Å². The maximum atomic E-state index is 13.0. The minimum atomic E-state index is -4.10. The normalized spacial score (nSPS) is 13.0. The molecule has 3 aromatic carbocycles. The van der Waals surface area contributed by atoms with Crippen molar-refractivity contribution in [2.24, 2.45) is 4.99 Å². The van der Waals surface area contributed by atoms with Crippen molar-refractivity contribution in [3.05, 3.63) is 94.0 Å². The Labute approximate surface area is 189 Å². The minimum Gasteiger partial charge on any atom is -0.475 e. The van der Waals surface area contributed by atoms with E-state index in [1.54, 1.807) is 36.4 Å². The van der Waals surface area contributed by atoms with E-state index in [-0.39, 0.29) is 21.8 Å². The molecule has 11 heteroatoms. The molecule has 1 heterocycles. The average molecular weight is 466 g/mol. The average Bonchev–Trinajstić information content (AvgIpc) is 3.34. The summed E-state index contributed by atoms with van der Waals surface area (Å²) in [4.78, 5) is 27.3. The lowest BCUT2D eigenvalue weighted by atomic mass is 10.1. The predicted octanol–water partition coefficient (Wildman–Crippen LogP) is 3.42. The van der Waals surface area contributed by atoms with Crippen molar-refractivity contribution in [1.82, 2.24) is 0 Å². The Balaban J connectivity index is 1.59. The molecule has 0 saturated carbocycles. The van der Waals surface area contributed by atoms with Gasteiger partial charge in [0.2, 0.25) is 5.90 Å². The number of non-ortho nitro benzene ring substituents is 1. The Morgan fingerprint density at radius 1 is 0.970 bits per heavy atom. The van der Waals surface area contributed by atoms with Crippen LogP contribution >= 0.6 is 0 Å². The second-order valence-corrected chi connectivity index (χ2v) is 8.62. The Hall–Kier alpha value is -4.25. The number of nitrogens with zero attached hydrogens (tertiary/aromatic N) is 2. The predicted molar refractivity (Wildman–Crippen MR) is 122 cm³/mol. The molecule has 168 valence electrons. The van der Waals surface area contributed by atoms with Crippen LogP contribution in [0.1, 0.15) is 15.9 Å². The number of sulfonamides is 1. The Morgan fingerprint density at radius 3 is 2.30 bits per heavy atom. The van der Waals surface area contributed by atoms with Crippen molar-refractivity contribution in [2.45, 2.75) is 4.90 Å². The van der Waals surface area contributed by atoms with E-state index in [0.29, 0.717) is 30.3 Å². The Kier molecular flexibility index (Phi) is 6.05. The molecule has 0 fully saturated rings. The molecule has 2 N–H and O–H groups in total. The van der Waals surface area contributed by atoms with Gasteiger partial charge in [0.1, 0.15) is 6.61 Å². The van der Waals surface area contributed by atoms with Crippen molar-refractivity contribution in [1.29, 1.82) is 0 Å². The third-order valence-electron chi connectivity index (χ3n) is 4.77. The molecule has 1 aliphatic heterocycles. The fraction of sp³-hybridized carbons (Fsp3) is 0.0909. The molecule has 0 spiro atoms. The van der Waals surface area contributed by atoms with Crippen LogP contribution in [0.5, 0.6) is 0 Å². The number of rotatable bonds is 7. The summed E-state index contributed by atoms with van der Waals surface area (Å²) in [5.41, 5.74) is 0.999. The first kappa shape index (κ1) is 22.0. The monoisotopic (exact) mass is 466 g/mol. The molecular formula is C22H18N4O6S. The van der Waals surface area contributed by atoms with Gasteiger partial charge in [-0.1, -0.05) is 24.3 Å². The highest BCUT2D eigenvalue weighted by molar-refractivity contribution is 7.92. The third kappa shape index (κ3) is 4.83. The van der Waals surface area contributed by atoms with Crippen LogP contribution in [0.2, 0.25) is 0 Å². The molecule has 1 aliphatic rings. The first-order valence-electron chi connectivity index (χ1n) is 9.79. The van der Waals surface area contributed by atoms with E-state index in [9.17, 15) is 23.3 Å². The quantitative estimate of drug-likeness (QED) is 0.404. The minimum absolute atomic E-state index is 0.0558. The number of benzene rings is 3. The highest BCUT2D eigenvalue weighted by Crippen LogP contribution is 2.24. The van der Waals surface area contributed by atoms with Gasteiger partial charge in [0, 0.05) is 12.1 Å². The number of nitro groups is 1. The van der Waals surface area contributed by atoms with Crippen LogP contribution in [-0.4, -0.2) is 38.3 Å². The molecule has 4 rings (SSSR count). The van der Waals surface area contributed by atoms with Crippen LogP contribution in [0, 0.1) is 10.1 Å². The topological polar surface area (TPSA) is 140 Å². The second-order valence-electron chi connectivity index (χ2n) is 6.94. The Morgan fingerprint density at radius 2 is 1.64 bits per heavy atom. The van der Waals surface area contributed by atoms with Crippen LogP contribution in [0.3, 0.4) is 0 Å². The highest BCUT2D eigenvalue weighted by Gasteiger charge is 2.21. The first-order chi connectivity index (χ1) is 15.8. The number of anilines is 2. The van der Waals surface area contributed by atoms with Gasteiger partial charge in [0.15, 0.2) is 0 Å². The van der Waals surface area contributed by atoms with Crippen molar-refractivity contribution >= 4 is 38.9 Å². The van der Waals surface area contributed by atoms with Crippen LogP contribution in [-0.2, 0) is 14.8 Å². The summed E-state index contributed by atoms with van der Waals surface area (Å²) in [6, 6.07) is 17.6. The van der Waals surface area contributed by atoms with Crippen molar-refractivity contribution in [3.8, 4) is 0 Å². The summed E-state index contributed by atoms with van der Waals surface area (Å²) in [5, 5.41) is 13.6. The molecule has 0 aliphatic carbocycles. The fourth-order valence-corrected chi connectivity index (χ4v) is 4.27. The number of ether oxygens (including phenoxy) is 1. The van der Waals surface area contributed by atoms with Crippen LogP contribution < -0.4 is 10.0 Å². The van der Waals surface area contributed by atoms with Gasteiger partial charge in [-0.25, -0.2) is 13.4 Å². The molecule has 0 atom stereocenters. The number of carbonyl (C=O) groups excluding carboxylic acids is 1. The zero-order valence-electron chi connectivity index (χ0n) is 17.1. The van der Waals surface area contributed by atoms with Crippen LogP contribution in [0.4, 0.5) is 17.1 Å². The number of hydrogen-bond donors (Lipinski definition) is 2. The maximum absolute atomic E-state index is 13.0. The van der Waals surface area contributed by atoms with Crippen molar-refractivity contribution in [2.75, 3.05) is 23.2 Å². The highest BCUT2D eigenvalue weighted by atomic mass is 32.2. The lowest BCUT2D eigenvalue weighted by molar-refractivity contribution is -0.384. The number of aliphatic imine (C=N–C) groups is 1. The van der Waals surface area contributed by atoms with E-state index in [1.807, 2.05) is 0 Å². The van der Waals surface area contributed by atoms with Crippen molar-refractivity contribution in [3.63, 3.8) is 0 Å². The molecule has 0 unspecified atom stereocenters. The summed E-state index contributed by atoms with van der Waals surface area (Å²) in [7, 11) is -4.10. The summed E-state index contributed by atoms with van der Waals surface area (Å²) in [6.45, 7) is 0.996. The molecule has 0 bridgehead atoms. The van der Waals surface area contributed by atoms with E-state index in [2.05, 4.69) is 15.0 Å². The van der Waals surface area contributed by atoms with Gasteiger partial charge in [-0.15, -0.1) is 0 Å². The summed E-state index contributed by atoms with van der Waals surface area (Å²) < 4.78 is 33.5. The number of hydrogen-bond acceptors (Lipinski definition) is 7. The summed E-state index contributed by atoms with van der Waals surface area (Å²) in [6.07, 6.45) is 0. The number of nitrogens with one attached hydrogen (secondary N) is 2. The molecule has 0 saturated heterocycles. The fourth-order valence-electron chi connectivity index (χ4n) is 3.19. The van der Waals surface area contributed by atoms with Crippen LogP contribution in [0.15, 0.2) is 82.7 Å². The van der Waals surface area contributed by atoms with Gasteiger partial charge >= 0.3 is 0 Å². The van der Waals surface area contributed by atoms with E-state index in [0.717, 1.165) is 24.3 Å². The zero-order valence-corrected chi connectivity index (χ0v) is 17.9. The molecule has 0 aromatic heterocycles. The van der Waals surface area contributed by atoms with Gasteiger partial charge in [-0.05, 0) is 36.4 Å². The largest absolute Gasteiger partial charge is 0.475 e. The van der Waals surface area contributed by atoms with Gasteiger partial charge in [0.05, 0.1) is 38.9 Å². The summed E-state index contributed by atoms with van der Waals surface area (Å²) in [5.74, 6) is -0.110. The van der Waals surface area contributed by atoms with E-state index in [4.69, 9.17) is 4.74 Å². The lowest BCUT2D eigenvalue weighted by Gasteiger charge is -2.14. The van der Waals surface area contributed by atoms with E-state index < -0.39 is 20.9 Å².